The van der Waals surface area contributed by atoms with Crippen molar-refractivity contribution in [2.75, 3.05) is 5.32 Å². The number of amidine groups is 1. The molecule has 3 rings (SSSR count). The maximum Gasteiger partial charge on any atom is 0.256 e. The molecule has 1 amide bonds. The van der Waals surface area contributed by atoms with Crippen LogP contribution in [-0.2, 0) is 0 Å². The Morgan fingerprint density at radius 3 is 2.56 bits per heavy atom. The van der Waals surface area contributed by atoms with Gasteiger partial charge in [0.2, 0.25) is 5.82 Å². The molecule has 1 aromatic heterocycles. The Balaban J connectivity index is 1.87. The molecule has 0 saturated carbocycles. The number of carbonyl (C=O) groups excluding carboxylic acids is 1. The molecule has 2 aromatic carbocycles. The van der Waals surface area contributed by atoms with Crippen molar-refractivity contribution in [3.8, 4) is 0 Å². The van der Waals surface area contributed by atoms with Crippen LogP contribution in [-0.4, -0.2) is 27.3 Å². The van der Waals surface area contributed by atoms with Gasteiger partial charge in [0.15, 0.2) is 11.5 Å². The molecule has 0 saturated heterocycles. The van der Waals surface area contributed by atoms with Crippen molar-refractivity contribution in [2.45, 2.75) is 13.8 Å². The van der Waals surface area contributed by atoms with E-state index in [4.69, 9.17) is 0 Å². The summed E-state index contributed by atoms with van der Waals surface area (Å²) in [4.78, 5) is 16.5. The van der Waals surface area contributed by atoms with Crippen molar-refractivity contribution in [1.82, 2.24) is 15.8 Å². The maximum absolute atomic E-state index is 13.4. The molecule has 8 nitrogen and oxygen atoms in total. The standard InChI is InChI=1S/C18H16FN5O3/c1-10-3-5-12(6-4-10)18(25)21-17-15(23-27-24-17)16(22-26)20-13-7-8-14(19)11(2)9-13/h3-9,26H,1-2H3,(H,20,22)(H,21,24,25). The number of aromatic nitrogens is 2. The zero-order valence-electron chi connectivity index (χ0n) is 14.5. The number of hydroxylamine groups is 1. The first-order valence-electron chi connectivity index (χ1n) is 7.94. The van der Waals surface area contributed by atoms with Crippen LogP contribution in [0, 0.1) is 19.7 Å². The minimum atomic E-state index is -0.429. The third kappa shape index (κ3) is 4.15. The first-order valence-corrected chi connectivity index (χ1v) is 7.94. The van der Waals surface area contributed by atoms with Gasteiger partial charge in [-0.1, -0.05) is 17.7 Å². The molecule has 0 aliphatic rings. The van der Waals surface area contributed by atoms with Crippen LogP contribution in [0.25, 0.3) is 0 Å². The molecule has 0 bridgehead atoms. The fourth-order valence-corrected chi connectivity index (χ4v) is 2.27. The van der Waals surface area contributed by atoms with Crippen LogP contribution >= 0.6 is 0 Å². The van der Waals surface area contributed by atoms with Crippen LogP contribution in [0.4, 0.5) is 15.9 Å². The Kier molecular flexibility index (Phi) is 5.23. The molecule has 0 unspecified atom stereocenters. The maximum atomic E-state index is 13.4. The van der Waals surface area contributed by atoms with Crippen molar-refractivity contribution in [3.63, 3.8) is 0 Å². The van der Waals surface area contributed by atoms with E-state index in [2.05, 4.69) is 25.3 Å². The summed E-state index contributed by atoms with van der Waals surface area (Å²) < 4.78 is 18.0. The van der Waals surface area contributed by atoms with E-state index in [9.17, 15) is 14.4 Å². The van der Waals surface area contributed by atoms with Crippen molar-refractivity contribution >= 4 is 23.2 Å². The van der Waals surface area contributed by atoms with E-state index < -0.39 is 5.91 Å². The van der Waals surface area contributed by atoms with Crippen LogP contribution in [0.15, 0.2) is 52.1 Å². The molecule has 0 aliphatic heterocycles. The fourth-order valence-electron chi connectivity index (χ4n) is 2.27. The predicted molar refractivity (Wildman–Crippen MR) is 95.7 cm³/mol. The predicted octanol–water partition coefficient (Wildman–Crippen LogP) is 3.13. The Bertz CT molecular complexity index is 998. The summed E-state index contributed by atoms with van der Waals surface area (Å²) in [5, 5.41) is 19.2. The van der Waals surface area contributed by atoms with Gasteiger partial charge in [0, 0.05) is 5.56 Å². The molecule has 0 radical (unpaired) electrons. The average molecular weight is 369 g/mol. The number of aryl methyl sites for hydroxylation is 2. The Hall–Kier alpha value is -3.59. The van der Waals surface area contributed by atoms with Gasteiger partial charge >= 0.3 is 0 Å². The molecule has 9 heteroatoms. The van der Waals surface area contributed by atoms with Crippen LogP contribution < -0.4 is 10.8 Å². The van der Waals surface area contributed by atoms with Gasteiger partial charge in [-0.15, -0.1) is 0 Å². The minimum absolute atomic E-state index is 0.0139. The fraction of sp³-hybridized carbons (Fsp3) is 0.111. The summed E-state index contributed by atoms with van der Waals surface area (Å²) in [6.07, 6.45) is 0. The van der Waals surface area contributed by atoms with Gasteiger partial charge in [-0.05, 0) is 60.1 Å². The van der Waals surface area contributed by atoms with E-state index in [0.717, 1.165) is 5.56 Å². The number of amides is 1. The zero-order chi connectivity index (χ0) is 19.4. The number of hydrogen-bond donors (Lipinski definition) is 3. The molecule has 27 heavy (non-hydrogen) atoms. The highest BCUT2D eigenvalue weighted by Crippen LogP contribution is 2.19. The first-order chi connectivity index (χ1) is 13.0. The van der Waals surface area contributed by atoms with Crippen LogP contribution in [0.5, 0.6) is 0 Å². The van der Waals surface area contributed by atoms with Crippen LogP contribution in [0.1, 0.15) is 27.2 Å². The number of nitrogens with one attached hydrogen (secondary N) is 2. The minimum Gasteiger partial charge on any atom is -0.302 e. The number of nitrogens with zero attached hydrogens (tertiary/aromatic N) is 3. The second-order valence-corrected chi connectivity index (χ2v) is 5.79. The number of hydrogen-bond acceptors (Lipinski definition) is 6. The lowest BCUT2D eigenvalue weighted by molar-refractivity contribution is 0.102. The lowest BCUT2D eigenvalue weighted by Gasteiger charge is -2.06. The third-order valence-electron chi connectivity index (χ3n) is 3.75. The second-order valence-electron chi connectivity index (χ2n) is 5.79. The molecule has 0 atom stereocenters. The molecule has 0 spiro atoms. The number of benzene rings is 2. The zero-order valence-corrected chi connectivity index (χ0v) is 14.5. The normalized spacial score (nSPS) is 11.3. The molecule has 3 aromatic rings. The molecule has 138 valence electrons. The van der Waals surface area contributed by atoms with E-state index in [-0.39, 0.29) is 23.2 Å². The van der Waals surface area contributed by atoms with E-state index in [0.29, 0.717) is 16.8 Å². The van der Waals surface area contributed by atoms with Gasteiger partial charge in [0.05, 0.1) is 5.69 Å². The summed E-state index contributed by atoms with van der Waals surface area (Å²) in [6, 6.07) is 11.1. The summed E-state index contributed by atoms with van der Waals surface area (Å²) in [5.41, 5.74) is 4.06. The van der Waals surface area contributed by atoms with Gasteiger partial charge in [-0.25, -0.2) is 14.0 Å². The van der Waals surface area contributed by atoms with E-state index >= 15 is 0 Å². The quantitative estimate of drug-likeness (QED) is 0.370. The first kappa shape index (κ1) is 18.2. The van der Waals surface area contributed by atoms with Crippen molar-refractivity contribution in [3.05, 3.63) is 70.7 Å². The van der Waals surface area contributed by atoms with E-state index in [1.165, 1.54) is 18.2 Å². The Morgan fingerprint density at radius 2 is 1.89 bits per heavy atom. The van der Waals surface area contributed by atoms with Crippen LogP contribution in [0.3, 0.4) is 0 Å². The molecule has 0 aliphatic carbocycles. The molecule has 0 fully saturated rings. The highest BCUT2D eigenvalue weighted by Gasteiger charge is 2.19. The second kappa shape index (κ2) is 7.75. The largest absolute Gasteiger partial charge is 0.302 e. The number of halogens is 1. The van der Waals surface area contributed by atoms with E-state index in [1.54, 1.807) is 31.2 Å². The highest BCUT2D eigenvalue weighted by molar-refractivity contribution is 6.08. The molecular weight excluding hydrogens is 353 g/mol. The lowest BCUT2D eigenvalue weighted by Crippen LogP contribution is -2.23. The summed E-state index contributed by atoms with van der Waals surface area (Å²) >= 11 is 0. The van der Waals surface area contributed by atoms with Crippen LogP contribution in [0.2, 0.25) is 0 Å². The SMILES string of the molecule is Cc1ccc(C(=O)Nc2nonc2C(=Nc2ccc(F)c(C)c2)NO)cc1. The Morgan fingerprint density at radius 1 is 1.15 bits per heavy atom. The topological polar surface area (TPSA) is 113 Å². The van der Waals surface area contributed by atoms with Gasteiger partial charge in [0.25, 0.3) is 5.91 Å². The van der Waals surface area contributed by atoms with Gasteiger partial charge in [0.1, 0.15) is 5.82 Å². The average Bonchev–Trinajstić information content (AvgIpc) is 3.11. The number of aliphatic imine (C=N–C) groups is 1. The van der Waals surface area contributed by atoms with E-state index in [1.807, 2.05) is 12.4 Å². The number of rotatable bonds is 4. The lowest BCUT2D eigenvalue weighted by atomic mass is 10.1. The van der Waals surface area contributed by atoms with Gasteiger partial charge in [-0.3, -0.25) is 15.5 Å². The monoisotopic (exact) mass is 369 g/mol. The number of carbonyl (C=O) groups is 1. The van der Waals surface area contributed by atoms with Crippen molar-refractivity contribution in [2.24, 2.45) is 4.99 Å². The molecule has 1 heterocycles. The van der Waals surface area contributed by atoms with Gasteiger partial charge < -0.3 is 5.32 Å². The van der Waals surface area contributed by atoms with Gasteiger partial charge in [-0.2, -0.15) is 0 Å². The van der Waals surface area contributed by atoms with Crippen molar-refractivity contribution < 1.29 is 19.0 Å². The van der Waals surface area contributed by atoms with Crippen molar-refractivity contribution in [1.29, 1.82) is 0 Å². The highest BCUT2D eigenvalue weighted by atomic mass is 19.1. The summed E-state index contributed by atoms with van der Waals surface area (Å²) in [5.74, 6) is -0.954. The smallest absolute Gasteiger partial charge is 0.256 e. The molecular formula is C18H16FN5O3. The Labute approximate surface area is 153 Å². The molecule has 3 N–H and O–H groups in total. The summed E-state index contributed by atoms with van der Waals surface area (Å²) in [7, 11) is 0. The summed E-state index contributed by atoms with van der Waals surface area (Å²) in [6.45, 7) is 3.50. The number of anilines is 1. The third-order valence-corrected chi connectivity index (χ3v) is 3.75.